The maximum absolute atomic E-state index is 11.7. The van der Waals surface area contributed by atoms with E-state index in [4.69, 9.17) is 18.9 Å². The van der Waals surface area contributed by atoms with Crippen molar-refractivity contribution in [1.29, 1.82) is 0 Å². The van der Waals surface area contributed by atoms with Gasteiger partial charge in [-0.05, 0) is 53.1 Å². The minimum absolute atomic E-state index is 0.328. The summed E-state index contributed by atoms with van der Waals surface area (Å²) in [6, 6.07) is 19.7. The minimum atomic E-state index is -0.328. The van der Waals surface area contributed by atoms with Gasteiger partial charge in [-0.3, -0.25) is 4.90 Å². The van der Waals surface area contributed by atoms with Crippen molar-refractivity contribution >= 4 is 5.97 Å². The number of hydrogen-bond acceptors (Lipinski definition) is 6. The van der Waals surface area contributed by atoms with Gasteiger partial charge in [-0.25, -0.2) is 4.79 Å². The van der Waals surface area contributed by atoms with Crippen molar-refractivity contribution in [3.8, 4) is 28.4 Å². The second-order valence-corrected chi connectivity index (χ2v) is 7.65. The van der Waals surface area contributed by atoms with E-state index in [0.717, 1.165) is 59.1 Å². The van der Waals surface area contributed by atoms with E-state index in [-0.39, 0.29) is 5.97 Å². The largest absolute Gasteiger partial charge is 0.497 e. The van der Waals surface area contributed by atoms with Crippen LogP contribution in [-0.2, 0) is 17.8 Å². The molecule has 1 aliphatic heterocycles. The molecule has 0 radical (unpaired) electrons. The Balaban J connectivity index is 1.60. The van der Waals surface area contributed by atoms with Gasteiger partial charge < -0.3 is 18.9 Å². The lowest BCUT2D eigenvalue weighted by Crippen LogP contribution is -2.25. The maximum atomic E-state index is 11.7. The number of carbonyl (C=O) groups excluding carboxylic acids is 1. The molecule has 6 nitrogen and oxygen atoms in total. The summed E-state index contributed by atoms with van der Waals surface area (Å²) in [5.74, 6) is 2.00. The van der Waals surface area contributed by atoms with E-state index in [9.17, 15) is 4.79 Å². The van der Waals surface area contributed by atoms with Gasteiger partial charge in [0.25, 0.3) is 0 Å². The molecule has 4 rings (SSSR count). The smallest absolute Gasteiger partial charge is 0.337 e. The number of benzene rings is 3. The average molecular weight is 434 g/mol. The number of esters is 1. The summed E-state index contributed by atoms with van der Waals surface area (Å²) in [4.78, 5) is 14.0. The van der Waals surface area contributed by atoms with Crippen LogP contribution in [0.3, 0.4) is 0 Å². The summed E-state index contributed by atoms with van der Waals surface area (Å²) >= 11 is 0. The van der Waals surface area contributed by atoms with Crippen LogP contribution in [0.2, 0.25) is 0 Å². The normalized spacial score (nSPS) is 13.5. The van der Waals surface area contributed by atoms with Crippen LogP contribution in [0.15, 0.2) is 60.7 Å². The summed E-state index contributed by atoms with van der Waals surface area (Å²) < 4.78 is 21.9. The molecule has 1 heterocycles. The van der Waals surface area contributed by atoms with Gasteiger partial charge in [0.05, 0.1) is 26.9 Å². The molecule has 0 spiro atoms. The summed E-state index contributed by atoms with van der Waals surface area (Å²) in [6.07, 6.45) is 0. The van der Waals surface area contributed by atoms with Gasteiger partial charge in [0.1, 0.15) is 12.4 Å². The van der Waals surface area contributed by atoms with Crippen LogP contribution in [0.1, 0.15) is 21.5 Å². The highest BCUT2D eigenvalue weighted by Crippen LogP contribution is 2.39. The Morgan fingerprint density at radius 1 is 0.969 bits per heavy atom. The van der Waals surface area contributed by atoms with Crippen LogP contribution in [0.25, 0.3) is 11.1 Å². The van der Waals surface area contributed by atoms with Crippen LogP contribution < -0.4 is 14.2 Å². The first kappa shape index (κ1) is 21.7. The molecular weight excluding hydrogens is 406 g/mol. The third-order valence-corrected chi connectivity index (χ3v) is 5.58. The fourth-order valence-corrected chi connectivity index (χ4v) is 3.92. The maximum Gasteiger partial charge on any atom is 0.337 e. The SMILES string of the molecule is COC(=O)c1ccc(CN2CCOc3c(cc(-c4cccc(OC)c4)cc3OC)C2)cc1. The van der Waals surface area contributed by atoms with Crippen LogP contribution in [0.5, 0.6) is 17.2 Å². The Kier molecular flexibility index (Phi) is 6.61. The Morgan fingerprint density at radius 2 is 1.78 bits per heavy atom. The molecule has 6 heteroatoms. The molecule has 166 valence electrons. The molecule has 3 aromatic rings. The fraction of sp³-hybridized carbons (Fsp3) is 0.269. The van der Waals surface area contributed by atoms with Gasteiger partial charge in [0, 0.05) is 25.2 Å². The average Bonchev–Trinajstić information content (AvgIpc) is 3.05. The predicted molar refractivity (Wildman–Crippen MR) is 122 cm³/mol. The van der Waals surface area contributed by atoms with E-state index in [1.807, 2.05) is 36.4 Å². The van der Waals surface area contributed by atoms with Gasteiger partial charge in [-0.2, -0.15) is 0 Å². The van der Waals surface area contributed by atoms with Crippen molar-refractivity contribution in [2.24, 2.45) is 0 Å². The molecule has 0 unspecified atom stereocenters. The Hall–Kier alpha value is -3.51. The number of nitrogens with zero attached hydrogens (tertiary/aromatic N) is 1. The lowest BCUT2D eigenvalue weighted by molar-refractivity contribution is 0.0600. The predicted octanol–water partition coefficient (Wildman–Crippen LogP) is 4.55. The Labute approximate surface area is 188 Å². The second kappa shape index (κ2) is 9.75. The van der Waals surface area contributed by atoms with E-state index >= 15 is 0 Å². The first-order chi connectivity index (χ1) is 15.6. The van der Waals surface area contributed by atoms with Gasteiger partial charge >= 0.3 is 5.97 Å². The summed E-state index contributed by atoms with van der Waals surface area (Å²) in [5.41, 5.74) is 4.85. The monoisotopic (exact) mass is 433 g/mol. The first-order valence-electron chi connectivity index (χ1n) is 10.5. The molecule has 0 saturated carbocycles. The summed E-state index contributed by atoms with van der Waals surface area (Å²) in [7, 11) is 4.72. The third kappa shape index (κ3) is 4.70. The molecule has 0 aromatic heterocycles. The van der Waals surface area contributed by atoms with Crippen LogP contribution in [0, 0.1) is 0 Å². The quantitative estimate of drug-likeness (QED) is 0.532. The van der Waals surface area contributed by atoms with Crippen LogP contribution in [-0.4, -0.2) is 45.4 Å². The highest BCUT2D eigenvalue weighted by molar-refractivity contribution is 5.89. The van der Waals surface area contributed by atoms with E-state index in [0.29, 0.717) is 12.2 Å². The molecule has 0 aliphatic carbocycles. The molecule has 3 aromatic carbocycles. The van der Waals surface area contributed by atoms with Gasteiger partial charge in [-0.1, -0.05) is 24.3 Å². The van der Waals surface area contributed by atoms with Crippen molar-refractivity contribution in [2.75, 3.05) is 34.5 Å². The number of carbonyl (C=O) groups is 1. The number of hydrogen-bond donors (Lipinski definition) is 0. The minimum Gasteiger partial charge on any atom is -0.497 e. The van der Waals surface area contributed by atoms with Crippen molar-refractivity contribution in [1.82, 2.24) is 4.90 Å². The van der Waals surface area contributed by atoms with Gasteiger partial charge in [0.2, 0.25) is 0 Å². The molecule has 0 amide bonds. The molecule has 0 N–H and O–H groups in total. The molecule has 1 aliphatic rings. The molecule has 0 saturated heterocycles. The lowest BCUT2D eigenvalue weighted by atomic mass is 10.0. The van der Waals surface area contributed by atoms with Crippen molar-refractivity contribution in [3.63, 3.8) is 0 Å². The zero-order valence-electron chi connectivity index (χ0n) is 18.6. The highest BCUT2D eigenvalue weighted by Gasteiger charge is 2.21. The summed E-state index contributed by atoms with van der Waals surface area (Å²) in [6.45, 7) is 2.82. The molecule has 32 heavy (non-hydrogen) atoms. The number of methoxy groups -OCH3 is 3. The molecule has 0 fully saturated rings. The van der Waals surface area contributed by atoms with E-state index < -0.39 is 0 Å². The van der Waals surface area contributed by atoms with E-state index in [2.05, 4.69) is 17.0 Å². The standard InChI is InChI=1S/C26H27NO5/c1-29-23-6-4-5-20(14-23)21-13-22-17-27(11-12-32-25(22)24(15-21)30-2)16-18-7-9-19(10-8-18)26(28)31-3/h4-10,13-15H,11-12,16-17H2,1-3H3. The Bertz CT molecular complexity index is 1090. The van der Waals surface area contributed by atoms with Crippen molar-refractivity contribution in [2.45, 2.75) is 13.1 Å². The molecule has 0 bridgehead atoms. The first-order valence-corrected chi connectivity index (χ1v) is 10.5. The summed E-state index contributed by atoms with van der Waals surface area (Å²) in [5, 5.41) is 0. The number of ether oxygens (including phenoxy) is 4. The van der Waals surface area contributed by atoms with Crippen LogP contribution in [0.4, 0.5) is 0 Å². The van der Waals surface area contributed by atoms with Crippen molar-refractivity contribution < 1.29 is 23.7 Å². The zero-order chi connectivity index (χ0) is 22.5. The fourth-order valence-electron chi connectivity index (χ4n) is 3.92. The third-order valence-electron chi connectivity index (χ3n) is 5.58. The van der Waals surface area contributed by atoms with Gasteiger partial charge in [-0.15, -0.1) is 0 Å². The zero-order valence-corrected chi connectivity index (χ0v) is 18.6. The Morgan fingerprint density at radius 3 is 2.50 bits per heavy atom. The number of fused-ring (bicyclic) bond motifs is 1. The second-order valence-electron chi connectivity index (χ2n) is 7.65. The lowest BCUT2D eigenvalue weighted by Gasteiger charge is -2.20. The van der Waals surface area contributed by atoms with E-state index in [1.165, 1.54) is 7.11 Å². The molecular formula is C26H27NO5. The molecule has 0 atom stereocenters. The van der Waals surface area contributed by atoms with Crippen LogP contribution >= 0.6 is 0 Å². The van der Waals surface area contributed by atoms with Crippen molar-refractivity contribution in [3.05, 3.63) is 77.4 Å². The highest BCUT2D eigenvalue weighted by atomic mass is 16.5. The van der Waals surface area contributed by atoms with Gasteiger partial charge in [0.15, 0.2) is 11.5 Å². The topological polar surface area (TPSA) is 57.2 Å². The number of rotatable bonds is 6. The van der Waals surface area contributed by atoms with E-state index in [1.54, 1.807) is 26.4 Å².